The van der Waals surface area contributed by atoms with Crippen LogP contribution in [-0.2, 0) is 0 Å². The third-order valence-corrected chi connectivity index (χ3v) is 8.01. The fourth-order valence-electron chi connectivity index (χ4n) is 6.07. The topological polar surface area (TPSA) is 87.9 Å². The molecule has 6 nitrogen and oxygen atoms in total. The largest absolute Gasteiger partial charge is 0.358 e. The summed E-state index contributed by atoms with van der Waals surface area (Å²) in [7, 11) is 1.73. The highest BCUT2D eigenvalue weighted by Gasteiger charge is 2.45. The van der Waals surface area contributed by atoms with Gasteiger partial charge in [0.25, 0.3) is 0 Å². The third-order valence-electron chi connectivity index (χ3n) is 8.01. The number of nitrogens with zero attached hydrogens (tertiary/aromatic N) is 6. The van der Waals surface area contributed by atoms with E-state index in [9.17, 15) is 36.9 Å². The molecule has 4 aromatic rings. The summed E-state index contributed by atoms with van der Waals surface area (Å²) in [6, 6.07) is 12.5. The minimum absolute atomic E-state index is 0.0704. The van der Waals surface area contributed by atoms with E-state index in [1.807, 2.05) is 0 Å². The van der Waals surface area contributed by atoms with E-state index in [1.54, 1.807) is 60.7 Å². The van der Waals surface area contributed by atoms with Crippen LogP contribution in [0.3, 0.4) is 0 Å². The van der Waals surface area contributed by atoms with Crippen LogP contribution in [-0.4, -0.2) is 29.1 Å². The minimum Gasteiger partial charge on any atom is -0.358 e. The van der Waals surface area contributed by atoms with Crippen LogP contribution in [0.15, 0.2) is 81.3 Å². The van der Waals surface area contributed by atoms with Gasteiger partial charge in [-0.15, -0.1) is 0 Å². The Kier molecular flexibility index (Phi) is 6.20. The lowest BCUT2D eigenvalue weighted by molar-refractivity contribution is 0.399. The molecule has 218 valence electrons. The average Bonchev–Trinajstić information content (AvgIpc) is 3.50. The summed E-state index contributed by atoms with van der Waals surface area (Å²) in [5, 5.41) is 19.1. The van der Waals surface area contributed by atoms with Gasteiger partial charge in [0.05, 0.1) is 23.1 Å². The van der Waals surface area contributed by atoms with E-state index >= 15 is 0 Å². The number of aliphatic imine (C=N–C) groups is 3. The maximum absolute atomic E-state index is 14.0. The van der Waals surface area contributed by atoms with Crippen LogP contribution < -0.4 is 0 Å². The highest BCUT2D eigenvalue weighted by molar-refractivity contribution is 6.54. The molecule has 1 aliphatic heterocycles. The summed E-state index contributed by atoms with van der Waals surface area (Å²) in [6.45, 7) is 0. The summed E-state index contributed by atoms with van der Waals surface area (Å²) in [4.78, 5) is 14.7. The van der Waals surface area contributed by atoms with Gasteiger partial charge in [0.15, 0.2) is 34.9 Å². The Morgan fingerprint density at radius 2 is 1.16 bits per heavy atom. The molecular formula is C33H14F6N6. The Morgan fingerprint density at radius 1 is 0.644 bits per heavy atom. The van der Waals surface area contributed by atoms with Gasteiger partial charge in [-0.25, -0.2) is 31.3 Å². The molecule has 2 aliphatic carbocycles. The van der Waals surface area contributed by atoms with Crippen molar-refractivity contribution in [2.45, 2.75) is 6.04 Å². The van der Waals surface area contributed by atoms with Crippen LogP contribution in [0.2, 0.25) is 0 Å². The van der Waals surface area contributed by atoms with E-state index < -0.39 is 40.9 Å². The molecule has 0 N–H and O–H groups in total. The van der Waals surface area contributed by atoms with Crippen molar-refractivity contribution in [3.8, 4) is 34.6 Å². The van der Waals surface area contributed by atoms with Crippen molar-refractivity contribution in [1.29, 1.82) is 10.5 Å². The van der Waals surface area contributed by atoms with Gasteiger partial charge in [0, 0.05) is 23.7 Å². The molecule has 45 heavy (non-hydrogen) atoms. The fourth-order valence-corrected chi connectivity index (χ4v) is 6.07. The Bertz CT molecular complexity index is 2190. The molecule has 0 saturated heterocycles. The van der Waals surface area contributed by atoms with Crippen LogP contribution in [0, 0.1) is 57.8 Å². The standard InChI is InChI=1S/C33H14F6N6/c1-45-32-19-5-3-15(17-10-24(36)27(39)25(37)11-17)7-21(19)28(42-12-40)31(32)44-30-18-4-2-14(6-20(18)29(33(30)45)43-13-41)16-8-22(34)26(38)23(35)9-16/h2-11,32H,1H3/b42-28+,43-29+. The maximum atomic E-state index is 14.0. The quantitative estimate of drug-likeness (QED) is 0.137. The van der Waals surface area contributed by atoms with E-state index in [2.05, 4.69) is 9.98 Å². The van der Waals surface area contributed by atoms with Crippen LogP contribution in [0.4, 0.5) is 26.3 Å². The Balaban J connectivity index is 1.37. The Morgan fingerprint density at radius 3 is 1.71 bits per heavy atom. The number of benzene rings is 4. The molecule has 4 aromatic carbocycles. The molecule has 12 heteroatoms. The molecule has 1 heterocycles. The van der Waals surface area contributed by atoms with E-state index in [0.29, 0.717) is 50.5 Å². The van der Waals surface area contributed by atoms with Crippen molar-refractivity contribution in [3.05, 3.63) is 124 Å². The van der Waals surface area contributed by atoms with Crippen LogP contribution in [0.25, 0.3) is 28.0 Å². The van der Waals surface area contributed by atoms with Crippen LogP contribution >= 0.6 is 0 Å². The first-order valence-corrected chi connectivity index (χ1v) is 13.2. The molecule has 3 aliphatic rings. The number of likely N-dealkylation sites (N-methyl/N-ethyl adjacent to an activating group) is 1. The summed E-state index contributed by atoms with van der Waals surface area (Å²) in [6.07, 6.45) is 3.57. The molecule has 0 saturated carbocycles. The molecule has 0 spiro atoms. The zero-order valence-electron chi connectivity index (χ0n) is 22.8. The minimum atomic E-state index is -1.59. The third kappa shape index (κ3) is 4.07. The normalized spacial score (nSPS) is 17.9. The SMILES string of the molecule is CN1C2=C(N=C3/C(=N/C#N)c4cc(-c5cc(F)c(F)c(F)c5)ccc4C31)c1ccc(-c3cc(F)c(F)c(F)c3)cc1/C2=N\C#N. The van der Waals surface area contributed by atoms with Gasteiger partial charge >= 0.3 is 0 Å². The molecule has 0 bridgehead atoms. The average molecular weight is 609 g/mol. The van der Waals surface area contributed by atoms with Gasteiger partial charge in [0.2, 0.25) is 12.4 Å². The zero-order chi connectivity index (χ0) is 31.7. The van der Waals surface area contributed by atoms with Crippen LogP contribution in [0.5, 0.6) is 0 Å². The van der Waals surface area contributed by atoms with Gasteiger partial charge in [-0.2, -0.15) is 20.5 Å². The highest BCUT2D eigenvalue weighted by Crippen LogP contribution is 2.48. The van der Waals surface area contributed by atoms with Crippen molar-refractivity contribution in [2.24, 2.45) is 15.0 Å². The zero-order valence-corrected chi connectivity index (χ0v) is 22.8. The van der Waals surface area contributed by atoms with Crippen molar-refractivity contribution in [2.75, 3.05) is 7.05 Å². The smallest absolute Gasteiger partial charge is 0.206 e. The molecule has 0 amide bonds. The van der Waals surface area contributed by atoms with Gasteiger partial charge in [0.1, 0.15) is 11.4 Å². The van der Waals surface area contributed by atoms with Gasteiger partial charge in [-0.05, 0) is 64.2 Å². The first-order chi connectivity index (χ1) is 21.6. The number of allylic oxidation sites excluding steroid dienone is 1. The first-order valence-electron chi connectivity index (χ1n) is 13.2. The van der Waals surface area contributed by atoms with Crippen molar-refractivity contribution in [1.82, 2.24) is 4.90 Å². The van der Waals surface area contributed by atoms with E-state index in [-0.39, 0.29) is 22.6 Å². The molecule has 0 radical (unpaired) electrons. The lowest BCUT2D eigenvalue weighted by Gasteiger charge is -2.32. The van der Waals surface area contributed by atoms with Crippen molar-refractivity contribution in [3.63, 3.8) is 0 Å². The van der Waals surface area contributed by atoms with Crippen molar-refractivity contribution < 1.29 is 26.3 Å². The molecular weight excluding hydrogens is 594 g/mol. The molecule has 7 rings (SSSR count). The number of fused-ring (bicyclic) bond motifs is 5. The first kappa shape index (κ1) is 27.8. The second kappa shape index (κ2) is 10.0. The summed E-state index contributed by atoms with van der Waals surface area (Å²) in [5.41, 5.74) is 4.61. The molecule has 1 unspecified atom stereocenters. The second-order valence-electron chi connectivity index (χ2n) is 10.4. The fraction of sp³-hybridized carbons (Fsp3) is 0.0606. The summed E-state index contributed by atoms with van der Waals surface area (Å²) in [5.74, 6) is -8.59. The number of rotatable bonds is 2. The monoisotopic (exact) mass is 608 g/mol. The summed E-state index contributed by atoms with van der Waals surface area (Å²) >= 11 is 0. The van der Waals surface area contributed by atoms with Crippen LogP contribution in [0.1, 0.15) is 28.3 Å². The Labute approximate surface area is 250 Å². The maximum Gasteiger partial charge on any atom is 0.206 e. The second-order valence-corrected chi connectivity index (χ2v) is 10.4. The van der Waals surface area contributed by atoms with E-state index in [0.717, 1.165) is 24.3 Å². The number of halogens is 6. The molecule has 0 aromatic heterocycles. The van der Waals surface area contributed by atoms with Crippen molar-refractivity contribution >= 4 is 22.8 Å². The van der Waals surface area contributed by atoms with Gasteiger partial charge in [-0.3, -0.25) is 0 Å². The van der Waals surface area contributed by atoms with E-state index in [1.165, 1.54) is 0 Å². The van der Waals surface area contributed by atoms with Gasteiger partial charge in [-0.1, -0.05) is 24.3 Å². The van der Waals surface area contributed by atoms with Gasteiger partial charge < -0.3 is 4.90 Å². The highest BCUT2D eigenvalue weighted by atomic mass is 19.2. The molecule has 0 fully saturated rings. The molecule has 1 atom stereocenters. The summed E-state index contributed by atoms with van der Waals surface area (Å²) < 4.78 is 83.3. The Hall–Kier alpha value is -6.01. The number of hydrogen-bond acceptors (Lipinski definition) is 6. The predicted molar refractivity (Wildman–Crippen MR) is 153 cm³/mol. The lowest BCUT2D eigenvalue weighted by atomic mass is 9.98. The number of hydrogen-bond donors (Lipinski definition) is 0. The predicted octanol–water partition coefficient (Wildman–Crippen LogP) is 7.22. The van der Waals surface area contributed by atoms with E-state index in [4.69, 9.17) is 4.99 Å². The lowest BCUT2D eigenvalue weighted by Crippen LogP contribution is -2.34. The number of nitriles is 2.